The third-order valence-electron chi connectivity index (χ3n) is 1.72. The van der Waals surface area contributed by atoms with Crippen LogP contribution in [0.4, 0.5) is 0 Å². The molecule has 0 aliphatic heterocycles. The summed E-state index contributed by atoms with van der Waals surface area (Å²) in [5, 5.41) is 0. The van der Waals surface area contributed by atoms with Crippen LogP contribution in [-0.4, -0.2) is 43.0 Å². The Morgan fingerprint density at radius 3 is 2.22 bits per heavy atom. The normalized spacial score (nSPS) is 11.8. The van der Waals surface area contributed by atoms with Crippen molar-refractivity contribution < 1.29 is 32.2 Å². The third-order valence-corrected chi connectivity index (χ3v) is 2.53. The summed E-state index contributed by atoms with van der Waals surface area (Å²) in [5.74, 6) is 0.614. The molecule has 0 spiro atoms. The molecule has 106 valence electrons. The minimum absolute atomic E-state index is 0.208. The Bertz CT molecular complexity index is 497. The Morgan fingerprint density at radius 2 is 1.89 bits per heavy atom. The molecule has 1 heterocycles. The molecule has 0 aliphatic carbocycles. The van der Waals surface area contributed by atoms with Crippen LogP contribution in [0.2, 0.25) is 0 Å². The van der Waals surface area contributed by atoms with Gasteiger partial charge in [0.15, 0.2) is 0 Å². The maximum absolute atomic E-state index is 10.4. The minimum Gasteiger partial charge on any atom is -0.338 e. The summed E-state index contributed by atoms with van der Waals surface area (Å²) in [4.78, 5) is 25.6. The number of rotatable bonds is 4. The zero-order chi connectivity index (χ0) is 14.4. The van der Waals surface area contributed by atoms with Crippen LogP contribution in [-0.2, 0) is 28.2 Å². The summed E-state index contributed by atoms with van der Waals surface area (Å²) >= 11 is 0. The first-order valence-electron chi connectivity index (χ1n) is 4.68. The van der Waals surface area contributed by atoms with Crippen LogP contribution in [0, 0.1) is 0 Å². The molecule has 0 aliphatic rings. The van der Waals surface area contributed by atoms with Crippen LogP contribution >= 0.6 is 7.82 Å². The predicted octanol–water partition coefficient (Wildman–Crippen LogP) is -0.688. The number of nitrogens with zero attached hydrogens (tertiary/aromatic N) is 2. The Hall–Kier alpha value is -0.770. The molecular weight excluding hydrogens is 287 g/mol. The van der Waals surface area contributed by atoms with Crippen LogP contribution in [0.1, 0.15) is 12.2 Å². The van der Waals surface area contributed by atoms with Gasteiger partial charge in [-0.05, 0) is 6.42 Å². The molecule has 0 fully saturated rings. The van der Waals surface area contributed by atoms with E-state index in [0.29, 0.717) is 12.8 Å². The molecule has 1 rings (SSSR count). The lowest BCUT2D eigenvalue weighted by Gasteiger charge is -1.99. The van der Waals surface area contributed by atoms with E-state index in [1.807, 2.05) is 11.6 Å². The number of hydrogen-bond acceptors (Lipinski definition) is 4. The Balaban J connectivity index is 0.000000494. The smallest absolute Gasteiger partial charge is 0.338 e. The average Bonchev–Trinajstić information content (AvgIpc) is 2.46. The summed E-state index contributed by atoms with van der Waals surface area (Å²) in [6.07, 6.45) is 4.40. The van der Waals surface area contributed by atoms with Crippen molar-refractivity contribution in [1.29, 1.82) is 0 Å². The SMILES string of the molecule is Cn1ccnc1CCCS(=O)(=O)O.O=P(O)(O)O. The lowest BCUT2D eigenvalue weighted by molar-refractivity contribution is 0.275. The van der Waals surface area contributed by atoms with E-state index >= 15 is 0 Å². The fourth-order valence-electron chi connectivity index (χ4n) is 1.05. The standard InChI is InChI=1S/C7H12N2O3S.H3O4P/c1-9-5-4-8-7(9)3-2-6-13(10,11)12;1-5(2,3)4/h4-5H,2-3,6H2,1H3,(H,10,11,12);(H3,1,2,3,4). The highest BCUT2D eigenvalue weighted by molar-refractivity contribution is 7.85. The second kappa shape index (κ2) is 6.98. The van der Waals surface area contributed by atoms with Crippen LogP contribution in [0.5, 0.6) is 0 Å². The van der Waals surface area contributed by atoms with Gasteiger partial charge in [-0.25, -0.2) is 9.55 Å². The fourth-order valence-corrected chi connectivity index (χ4v) is 1.56. The maximum atomic E-state index is 10.4. The lowest BCUT2D eigenvalue weighted by Crippen LogP contribution is -2.06. The molecule has 0 saturated carbocycles. The van der Waals surface area contributed by atoms with E-state index in [0.717, 1.165) is 5.82 Å². The van der Waals surface area contributed by atoms with Gasteiger partial charge in [-0.1, -0.05) is 0 Å². The Labute approximate surface area is 104 Å². The van der Waals surface area contributed by atoms with E-state index in [1.54, 1.807) is 12.4 Å². The van der Waals surface area contributed by atoms with Gasteiger partial charge in [0, 0.05) is 25.9 Å². The second-order valence-corrected chi connectivity index (χ2v) is 5.96. The number of hydrogen-bond donors (Lipinski definition) is 4. The molecule has 9 nitrogen and oxygen atoms in total. The first-order valence-corrected chi connectivity index (χ1v) is 7.86. The zero-order valence-electron chi connectivity index (χ0n) is 9.54. The van der Waals surface area contributed by atoms with Gasteiger partial charge in [0.2, 0.25) is 0 Å². The van der Waals surface area contributed by atoms with Gasteiger partial charge in [-0.15, -0.1) is 0 Å². The average molecular weight is 302 g/mol. The first kappa shape index (κ1) is 17.2. The van der Waals surface area contributed by atoms with Crippen molar-refractivity contribution in [3.8, 4) is 0 Å². The molecule has 0 saturated heterocycles. The summed E-state index contributed by atoms with van der Waals surface area (Å²) in [7, 11) is -6.62. The number of phosphoric acid groups is 1. The molecular formula is C7H15N2O7PS. The van der Waals surface area contributed by atoms with Gasteiger partial charge in [0.25, 0.3) is 10.1 Å². The summed E-state index contributed by atoms with van der Waals surface area (Å²) in [6, 6.07) is 0. The van der Waals surface area contributed by atoms with Crippen LogP contribution in [0.15, 0.2) is 12.4 Å². The molecule has 18 heavy (non-hydrogen) atoms. The van der Waals surface area contributed by atoms with Crippen LogP contribution in [0.25, 0.3) is 0 Å². The highest BCUT2D eigenvalue weighted by Crippen LogP contribution is 2.25. The van der Waals surface area contributed by atoms with E-state index in [-0.39, 0.29) is 5.75 Å². The number of aromatic nitrogens is 2. The minimum atomic E-state index is -4.64. The van der Waals surface area contributed by atoms with Crippen molar-refractivity contribution in [1.82, 2.24) is 9.55 Å². The quantitative estimate of drug-likeness (QED) is 0.421. The van der Waals surface area contributed by atoms with Gasteiger partial charge in [-0.3, -0.25) is 4.55 Å². The third kappa shape index (κ3) is 11.7. The second-order valence-electron chi connectivity index (χ2n) is 3.36. The molecule has 0 amide bonds. The van der Waals surface area contributed by atoms with E-state index in [1.165, 1.54) is 0 Å². The van der Waals surface area contributed by atoms with Crippen molar-refractivity contribution in [2.24, 2.45) is 7.05 Å². The molecule has 0 radical (unpaired) electrons. The Kier molecular flexibility index (Phi) is 6.68. The molecule has 0 aromatic carbocycles. The predicted molar refractivity (Wildman–Crippen MR) is 62.2 cm³/mol. The summed E-state index contributed by atoms with van der Waals surface area (Å²) in [6.45, 7) is 0. The van der Waals surface area contributed by atoms with Crippen molar-refractivity contribution in [2.75, 3.05) is 5.75 Å². The van der Waals surface area contributed by atoms with E-state index in [4.69, 9.17) is 23.8 Å². The topological polar surface area (TPSA) is 150 Å². The highest BCUT2D eigenvalue weighted by atomic mass is 32.2. The summed E-state index contributed by atoms with van der Waals surface area (Å²) in [5.41, 5.74) is 0. The van der Waals surface area contributed by atoms with E-state index in [9.17, 15) is 8.42 Å². The van der Waals surface area contributed by atoms with Gasteiger partial charge in [-0.2, -0.15) is 8.42 Å². The van der Waals surface area contributed by atoms with Crippen molar-refractivity contribution >= 4 is 17.9 Å². The summed E-state index contributed by atoms with van der Waals surface area (Å²) < 4.78 is 39.9. The van der Waals surface area contributed by atoms with Gasteiger partial charge in [0.1, 0.15) is 5.82 Å². The van der Waals surface area contributed by atoms with Crippen molar-refractivity contribution in [2.45, 2.75) is 12.8 Å². The lowest BCUT2D eigenvalue weighted by atomic mass is 10.3. The monoisotopic (exact) mass is 302 g/mol. The molecule has 1 aromatic heterocycles. The molecule has 11 heteroatoms. The van der Waals surface area contributed by atoms with Gasteiger partial charge < -0.3 is 19.2 Å². The van der Waals surface area contributed by atoms with Crippen LogP contribution in [0.3, 0.4) is 0 Å². The highest BCUT2D eigenvalue weighted by Gasteiger charge is 2.05. The molecule has 4 N–H and O–H groups in total. The first-order chi connectivity index (χ1) is 7.99. The van der Waals surface area contributed by atoms with E-state index in [2.05, 4.69) is 4.98 Å². The number of imidazole rings is 1. The van der Waals surface area contributed by atoms with Crippen molar-refractivity contribution in [3.05, 3.63) is 18.2 Å². The molecule has 1 aromatic rings. The van der Waals surface area contributed by atoms with Crippen LogP contribution < -0.4 is 0 Å². The zero-order valence-corrected chi connectivity index (χ0v) is 11.3. The van der Waals surface area contributed by atoms with Crippen molar-refractivity contribution in [3.63, 3.8) is 0 Å². The van der Waals surface area contributed by atoms with E-state index < -0.39 is 17.9 Å². The fraction of sp³-hybridized carbons (Fsp3) is 0.571. The number of aryl methyl sites for hydroxylation is 2. The Morgan fingerprint density at radius 1 is 1.39 bits per heavy atom. The van der Waals surface area contributed by atoms with Gasteiger partial charge >= 0.3 is 7.82 Å². The molecule has 0 unspecified atom stereocenters. The molecule has 0 atom stereocenters. The molecule has 0 bridgehead atoms. The largest absolute Gasteiger partial charge is 0.466 e. The maximum Gasteiger partial charge on any atom is 0.466 e. The van der Waals surface area contributed by atoms with Gasteiger partial charge in [0.05, 0.1) is 5.75 Å².